The fraction of sp³-hybridized carbons (Fsp3) is 1.00. The van der Waals surface area contributed by atoms with Crippen molar-refractivity contribution in [3.8, 4) is 0 Å². The lowest BCUT2D eigenvalue weighted by atomic mass is 9.63. The van der Waals surface area contributed by atoms with Crippen LogP contribution in [0.3, 0.4) is 0 Å². The van der Waals surface area contributed by atoms with Gasteiger partial charge in [0, 0.05) is 6.54 Å². The lowest BCUT2D eigenvalue weighted by Crippen LogP contribution is -2.44. The maximum Gasteiger partial charge on any atom is 0.0718 e. The zero-order valence-corrected chi connectivity index (χ0v) is 6.64. The van der Waals surface area contributed by atoms with Gasteiger partial charge in [0.05, 0.1) is 6.10 Å². The summed E-state index contributed by atoms with van der Waals surface area (Å²) in [5.74, 6) is 0. The smallest absolute Gasteiger partial charge is 0.0718 e. The number of hydrogen-bond donors (Lipinski definition) is 2. The number of hydrogen-bond acceptors (Lipinski definition) is 2. The van der Waals surface area contributed by atoms with Crippen molar-refractivity contribution < 1.29 is 5.11 Å². The summed E-state index contributed by atoms with van der Waals surface area (Å²) in [5.41, 5.74) is 5.60. The lowest BCUT2D eigenvalue weighted by Gasteiger charge is -2.44. The first-order valence-electron chi connectivity index (χ1n) is 4.13. The predicted molar refractivity (Wildman–Crippen MR) is 41.6 cm³/mol. The van der Waals surface area contributed by atoms with Gasteiger partial charge in [0.25, 0.3) is 0 Å². The third-order valence-electron chi connectivity index (χ3n) is 2.98. The van der Waals surface area contributed by atoms with Gasteiger partial charge in [-0.15, -0.1) is 0 Å². The largest absolute Gasteiger partial charge is 0.391 e. The molecule has 1 aliphatic rings. The van der Waals surface area contributed by atoms with Gasteiger partial charge in [-0.25, -0.2) is 0 Å². The van der Waals surface area contributed by atoms with Crippen molar-refractivity contribution in [1.29, 1.82) is 0 Å². The second kappa shape index (κ2) is 2.89. The molecule has 0 aromatic rings. The molecule has 0 saturated heterocycles. The number of aliphatic hydroxyl groups is 1. The Labute approximate surface area is 62.4 Å². The van der Waals surface area contributed by atoms with Gasteiger partial charge in [0.1, 0.15) is 0 Å². The Balaban J connectivity index is 2.46. The molecule has 0 aromatic heterocycles. The van der Waals surface area contributed by atoms with Crippen LogP contribution in [0.25, 0.3) is 0 Å². The van der Waals surface area contributed by atoms with Gasteiger partial charge >= 0.3 is 0 Å². The van der Waals surface area contributed by atoms with E-state index in [2.05, 4.69) is 6.92 Å². The number of nitrogens with two attached hydrogens (primary N) is 1. The van der Waals surface area contributed by atoms with Gasteiger partial charge in [-0.1, -0.05) is 13.3 Å². The topological polar surface area (TPSA) is 46.2 Å². The predicted octanol–water partition coefficient (Wildman–Crippen LogP) is 0.886. The van der Waals surface area contributed by atoms with E-state index in [0.717, 1.165) is 6.42 Å². The van der Waals surface area contributed by atoms with Crippen molar-refractivity contribution >= 4 is 0 Å². The highest BCUT2D eigenvalue weighted by Crippen LogP contribution is 2.46. The maximum atomic E-state index is 9.50. The molecular formula is C8H17NO. The Morgan fingerprint density at radius 1 is 1.60 bits per heavy atom. The van der Waals surface area contributed by atoms with Crippen molar-refractivity contribution in [3.05, 3.63) is 0 Å². The summed E-state index contributed by atoms with van der Waals surface area (Å²) in [5, 5.41) is 9.50. The molecule has 0 spiro atoms. The lowest BCUT2D eigenvalue weighted by molar-refractivity contribution is -0.0316. The molecule has 10 heavy (non-hydrogen) atoms. The minimum atomic E-state index is -0.258. The normalized spacial score (nSPS) is 25.5. The van der Waals surface area contributed by atoms with E-state index in [-0.39, 0.29) is 11.5 Å². The summed E-state index contributed by atoms with van der Waals surface area (Å²) in [4.78, 5) is 0. The zero-order chi connectivity index (χ0) is 7.61. The first-order chi connectivity index (χ1) is 4.75. The molecular weight excluding hydrogens is 126 g/mol. The Morgan fingerprint density at radius 3 is 2.30 bits per heavy atom. The molecule has 0 radical (unpaired) electrons. The van der Waals surface area contributed by atoms with Crippen molar-refractivity contribution in [2.24, 2.45) is 11.1 Å². The van der Waals surface area contributed by atoms with Crippen molar-refractivity contribution in [1.82, 2.24) is 0 Å². The van der Waals surface area contributed by atoms with Crippen LogP contribution >= 0.6 is 0 Å². The third-order valence-corrected chi connectivity index (χ3v) is 2.98. The number of aliphatic hydroxyl groups excluding tert-OH is 1. The van der Waals surface area contributed by atoms with Gasteiger partial charge in [-0.05, 0) is 24.7 Å². The van der Waals surface area contributed by atoms with Gasteiger partial charge in [-0.3, -0.25) is 0 Å². The molecule has 3 N–H and O–H groups in total. The Kier molecular flexibility index (Phi) is 2.32. The van der Waals surface area contributed by atoms with Crippen LogP contribution in [0.2, 0.25) is 0 Å². The summed E-state index contributed by atoms with van der Waals surface area (Å²) in [6, 6.07) is 0. The monoisotopic (exact) mass is 143 g/mol. The average Bonchev–Trinajstić information content (AvgIpc) is 1.86. The first-order valence-corrected chi connectivity index (χ1v) is 4.13. The van der Waals surface area contributed by atoms with E-state index >= 15 is 0 Å². The standard InChI is InChI=1S/C8H17NO/c1-2-8(4-3-5-8)7(10)6-9/h7,10H,2-6,9H2,1H3/t7-/m0/s1. The molecule has 1 rings (SSSR count). The quantitative estimate of drug-likeness (QED) is 0.616. The van der Waals surface area contributed by atoms with E-state index in [1.807, 2.05) is 0 Å². The molecule has 2 nitrogen and oxygen atoms in total. The van der Waals surface area contributed by atoms with E-state index < -0.39 is 0 Å². The molecule has 0 aliphatic heterocycles. The summed E-state index contributed by atoms with van der Waals surface area (Å²) < 4.78 is 0. The van der Waals surface area contributed by atoms with Gasteiger partial charge < -0.3 is 10.8 Å². The van der Waals surface area contributed by atoms with Crippen molar-refractivity contribution in [2.45, 2.75) is 38.7 Å². The molecule has 2 heteroatoms. The molecule has 1 fully saturated rings. The maximum absolute atomic E-state index is 9.50. The highest BCUT2D eigenvalue weighted by molar-refractivity contribution is 4.92. The first kappa shape index (κ1) is 8.02. The van der Waals surface area contributed by atoms with Crippen LogP contribution in [0.4, 0.5) is 0 Å². The second-order valence-corrected chi connectivity index (χ2v) is 3.32. The highest BCUT2D eigenvalue weighted by atomic mass is 16.3. The summed E-state index contributed by atoms with van der Waals surface area (Å²) >= 11 is 0. The van der Waals surface area contributed by atoms with E-state index in [9.17, 15) is 5.11 Å². The van der Waals surface area contributed by atoms with Gasteiger partial charge in [0.15, 0.2) is 0 Å². The van der Waals surface area contributed by atoms with Crippen molar-refractivity contribution in [2.75, 3.05) is 6.54 Å². The van der Waals surface area contributed by atoms with E-state index in [1.54, 1.807) is 0 Å². The Morgan fingerprint density at radius 2 is 2.20 bits per heavy atom. The minimum absolute atomic E-state index is 0.203. The van der Waals surface area contributed by atoms with Crippen LogP contribution in [0.15, 0.2) is 0 Å². The molecule has 0 aromatic carbocycles. The molecule has 1 saturated carbocycles. The van der Waals surface area contributed by atoms with Crippen molar-refractivity contribution in [3.63, 3.8) is 0 Å². The van der Waals surface area contributed by atoms with Crippen LogP contribution < -0.4 is 5.73 Å². The molecule has 0 bridgehead atoms. The molecule has 0 heterocycles. The Bertz CT molecular complexity index is 104. The molecule has 1 aliphatic carbocycles. The molecule has 60 valence electrons. The summed E-state index contributed by atoms with van der Waals surface area (Å²) in [6.07, 6.45) is 4.42. The summed E-state index contributed by atoms with van der Waals surface area (Å²) in [7, 11) is 0. The third kappa shape index (κ3) is 1.06. The minimum Gasteiger partial charge on any atom is -0.391 e. The SMILES string of the molecule is CCC1([C@@H](O)CN)CCC1. The zero-order valence-electron chi connectivity index (χ0n) is 6.64. The second-order valence-electron chi connectivity index (χ2n) is 3.32. The van der Waals surface area contributed by atoms with E-state index in [4.69, 9.17) is 5.73 Å². The average molecular weight is 143 g/mol. The van der Waals surface area contributed by atoms with Gasteiger partial charge in [-0.2, -0.15) is 0 Å². The molecule has 1 atom stereocenters. The molecule has 0 unspecified atom stereocenters. The molecule has 0 amide bonds. The van der Waals surface area contributed by atoms with E-state index in [1.165, 1.54) is 19.3 Å². The fourth-order valence-corrected chi connectivity index (χ4v) is 1.80. The van der Waals surface area contributed by atoms with Crippen LogP contribution in [0.1, 0.15) is 32.6 Å². The van der Waals surface area contributed by atoms with Crippen LogP contribution in [0.5, 0.6) is 0 Å². The fourth-order valence-electron chi connectivity index (χ4n) is 1.80. The van der Waals surface area contributed by atoms with Crippen LogP contribution in [-0.2, 0) is 0 Å². The van der Waals surface area contributed by atoms with E-state index in [0.29, 0.717) is 6.54 Å². The Hall–Kier alpha value is -0.0800. The number of rotatable bonds is 3. The van der Waals surface area contributed by atoms with Gasteiger partial charge in [0.2, 0.25) is 0 Å². The summed E-state index contributed by atoms with van der Waals surface area (Å²) in [6.45, 7) is 2.56. The van der Waals surface area contributed by atoms with Crippen LogP contribution in [-0.4, -0.2) is 17.8 Å². The highest BCUT2D eigenvalue weighted by Gasteiger charge is 2.40. The van der Waals surface area contributed by atoms with Crippen LogP contribution in [0, 0.1) is 5.41 Å².